The Balaban J connectivity index is 1.44. The summed E-state index contributed by atoms with van der Waals surface area (Å²) in [6.45, 7) is 1.11. The van der Waals surface area contributed by atoms with Crippen LogP contribution in [0.4, 0.5) is 0 Å². The standard InChI is InChI=1S/C25H28ClNO5/c1-30-22-16-20(15-21(26)25(22)31-2)8-9-24(29)32-17-23(28)27-12-10-19(11-13-27)14-18-6-4-3-5-7-18/h3-9,15-16,19H,10-14,17H2,1-2H3. The molecular formula is C25H28ClNO5. The molecule has 6 nitrogen and oxygen atoms in total. The van der Waals surface area contributed by atoms with Crippen molar-refractivity contribution >= 4 is 29.6 Å². The topological polar surface area (TPSA) is 65.1 Å². The van der Waals surface area contributed by atoms with Gasteiger partial charge < -0.3 is 19.1 Å². The minimum absolute atomic E-state index is 0.168. The largest absolute Gasteiger partial charge is 0.493 e. The molecule has 0 atom stereocenters. The summed E-state index contributed by atoms with van der Waals surface area (Å²) in [6, 6.07) is 13.7. The number of ether oxygens (including phenoxy) is 3. The van der Waals surface area contributed by atoms with Gasteiger partial charge in [-0.3, -0.25) is 4.79 Å². The van der Waals surface area contributed by atoms with E-state index < -0.39 is 5.97 Å². The Labute approximate surface area is 193 Å². The number of piperidine rings is 1. The highest BCUT2D eigenvalue weighted by atomic mass is 35.5. The van der Waals surface area contributed by atoms with Crippen LogP contribution < -0.4 is 9.47 Å². The molecule has 3 rings (SSSR count). The minimum atomic E-state index is -0.594. The maximum absolute atomic E-state index is 12.4. The van der Waals surface area contributed by atoms with Gasteiger partial charge in [0.15, 0.2) is 18.1 Å². The van der Waals surface area contributed by atoms with Gasteiger partial charge in [0.25, 0.3) is 5.91 Å². The first-order chi connectivity index (χ1) is 15.5. The molecule has 1 aliphatic rings. The lowest BCUT2D eigenvalue weighted by Gasteiger charge is -2.32. The third-order valence-corrected chi connectivity index (χ3v) is 5.82. The van der Waals surface area contributed by atoms with E-state index in [1.54, 1.807) is 23.1 Å². The number of hydrogen-bond acceptors (Lipinski definition) is 5. The van der Waals surface area contributed by atoms with Crippen LogP contribution in [0.15, 0.2) is 48.5 Å². The zero-order valence-corrected chi connectivity index (χ0v) is 19.1. The zero-order chi connectivity index (χ0) is 22.9. The number of methoxy groups -OCH3 is 2. The molecule has 170 valence electrons. The Morgan fingerprint density at radius 2 is 1.81 bits per heavy atom. The molecule has 2 aromatic rings. The van der Waals surface area contributed by atoms with Crippen molar-refractivity contribution in [2.24, 2.45) is 5.92 Å². The third kappa shape index (κ3) is 6.50. The number of amides is 1. The molecular weight excluding hydrogens is 430 g/mol. The van der Waals surface area contributed by atoms with Crippen LogP contribution in [0.3, 0.4) is 0 Å². The van der Waals surface area contributed by atoms with E-state index >= 15 is 0 Å². The maximum Gasteiger partial charge on any atom is 0.331 e. The number of benzene rings is 2. The first-order valence-electron chi connectivity index (χ1n) is 10.6. The normalized spacial score (nSPS) is 14.4. The van der Waals surface area contributed by atoms with Gasteiger partial charge in [0, 0.05) is 19.2 Å². The summed E-state index contributed by atoms with van der Waals surface area (Å²) in [5.74, 6) is 0.688. The quantitative estimate of drug-likeness (QED) is 0.434. The molecule has 0 aliphatic carbocycles. The number of likely N-dealkylation sites (tertiary alicyclic amines) is 1. The highest BCUT2D eigenvalue weighted by Crippen LogP contribution is 2.36. The van der Waals surface area contributed by atoms with Gasteiger partial charge in [-0.2, -0.15) is 0 Å². The van der Waals surface area contributed by atoms with E-state index in [9.17, 15) is 9.59 Å². The van der Waals surface area contributed by atoms with Crippen molar-refractivity contribution in [3.05, 3.63) is 64.7 Å². The van der Waals surface area contributed by atoms with E-state index in [-0.39, 0.29) is 12.5 Å². The highest BCUT2D eigenvalue weighted by molar-refractivity contribution is 6.32. The van der Waals surface area contributed by atoms with Crippen LogP contribution in [0, 0.1) is 5.92 Å². The van der Waals surface area contributed by atoms with Gasteiger partial charge in [0.05, 0.1) is 19.2 Å². The highest BCUT2D eigenvalue weighted by Gasteiger charge is 2.23. The lowest BCUT2D eigenvalue weighted by Crippen LogP contribution is -2.41. The monoisotopic (exact) mass is 457 g/mol. The minimum Gasteiger partial charge on any atom is -0.493 e. The summed E-state index contributed by atoms with van der Waals surface area (Å²) in [5.41, 5.74) is 1.98. The fraction of sp³-hybridized carbons (Fsp3) is 0.360. The second-order valence-electron chi connectivity index (χ2n) is 7.69. The van der Waals surface area contributed by atoms with Crippen LogP contribution in [0.5, 0.6) is 11.5 Å². The van der Waals surface area contributed by atoms with Crippen LogP contribution in [-0.4, -0.2) is 50.7 Å². The number of esters is 1. The zero-order valence-electron chi connectivity index (χ0n) is 18.4. The van der Waals surface area contributed by atoms with E-state index in [1.807, 2.05) is 6.07 Å². The van der Waals surface area contributed by atoms with Crippen molar-refractivity contribution in [3.8, 4) is 11.5 Å². The lowest BCUT2D eigenvalue weighted by atomic mass is 9.90. The van der Waals surface area contributed by atoms with Gasteiger partial charge in [0.1, 0.15) is 0 Å². The average Bonchev–Trinajstić information content (AvgIpc) is 2.82. The van der Waals surface area contributed by atoms with Crippen LogP contribution in [0.25, 0.3) is 6.08 Å². The van der Waals surface area contributed by atoms with E-state index in [1.165, 1.54) is 25.9 Å². The molecule has 0 N–H and O–H groups in total. The molecule has 0 aromatic heterocycles. The lowest BCUT2D eigenvalue weighted by molar-refractivity contribution is -0.148. The molecule has 1 aliphatic heterocycles. The van der Waals surface area contributed by atoms with E-state index in [4.69, 9.17) is 25.8 Å². The van der Waals surface area contributed by atoms with Gasteiger partial charge >= 0.3 is 5.97 Å². The van der Waals surface area contributed by atoms with Gasteiger partial charge in [-0.25, -0.2) is 4.79 Å². The summed E-state index contributed by atoms with van der Waals surface area (Å²) in [4.78, 5) is 26.2. The van der Waals surface area contributed by atoms with Crippen LogP contribution >= 0.6 is 11.6 Å². The summed E-state index contributed by atoms with van der Waals surface area (Å²) in [7, 11) is 3.01. The maximum atomic E-state index is 12.4. The van der Waals surface area contributed by atoms with Crippen molar-refractivity contribution in [1.29, 1.82) is 0 Å². The van der Waals surface area contributed by atoms with Crippen molar-refractivity contribution in [2.75, 3.05) is 33.9 Å². The fourth-order valence-corrected chi connectivity index (χ4v) is 4.10. The SMILES string of the molecule is COc1cc(C=CC(=O)OCC(=O)N2CCC(Cc3ccccc3)CC2)cc(Cl)c1OC. The first-order valence-corrected chi connectivity index (χ1v) is 11.0. The molecule has 0 radical (unpaired) electrons. The van der Waals surface area contributed by atoms with Gasteiger partial charge in [0.2, 0.25) is 0 Å². The van der Waals surface area contributed by atoms with E-state index in [0.29, 0.717) is 41.1 Å². The molecule has 1 heterocycles. The number of carbonyl (C=O) groups excluding carboxylic acids is 2. The second-order valence-corrected chi connectivity index (χ2v) is 8.10. The van der Waals surface area contributed by atoms with Gasteiger partial charge in [-0.05, 0) is 54.5 Å². The molecule has 7 heteroatoms. The van der Waals surface area contributed by atoms with Gasteiger partial charge in [-0.15, -0.1) is 0 Å². The molecule has 1 saturated heterocycles. The van der Waals surface area contributed by atoms with Crippen molar-refractivity contribution in [2.45, 2.75) is 19.3 Å². The molecule has 2 aromatic carbocycles. The summed E-state index contributed by atoms with van der Waals surface area (Å²) >= 11 is 6.17. The molecule has 0 spiro atoms. The summed E-state index contributed by atoms with van der Waals surface area (Å²) < 4.78 is 15.6. The molecule has 0 saturated carbocycles. The van der Waals surface area contributed by atoms with Gasteiger partial charge in [-0.1, -0.05) is 41.9 Å². The average molecular weight is 458 g/mol. The number of hydrogen-bond donors (Lipinski definition) is 0. The number of nitrogens with zero attached hydrogens (tertiary/aromatic N) is 1. The first kappa shape index (κ1) is 23.7. The Morgan fingerprint density at radius 3 is 2.47 bits per heavy atom. The third-order valence-electron chi connectivity index (χ3n) is 5.54. The number of carbonyl (C=O) groups is 2. The van der Waals surface area contributed by atoms with Crippen molar-refractivity contribution in [1.82, 2.24) is 4.90 Å². The summed E-state index contributed by atoms with van der Waals surface area (Å²) in [5, 5.41) is 0.366. The second kappa shape index (κ2) is 11.6. The molecule has 32 heavy (non-hydrogen) atoms. The van der Waals surface area contributed by atoms with Crippen LogP contribution in [0.1, 0.15) is 24.0 Å². The van der Waals surface area contributed by atoms with Crippen molar-refractivity contribution in [3.63, 3.8) is 0 Å². The van der Waals surface area contributed by atoms with Crippen LogP contribution in [-0.2, 0) is 20.7 Å². The Hall–Kier alpha value is -2.99. The number of halogens is 1. The smallest absolute Gasteiger partial charge is 0.331 e. The number of rotatable bonds is 8. The Bertz CT molecular complexity index is 952. The van der Waals surface area contributed by atoms with Crippen molar-refractivity contribution < 1.29 is 23.8 Å². The predicted octanol–water partition coefficient (Wildman–Crippen LogP) is 4.39. The summed E-state index contributed by atoms with van der Waals surface area (Å²) in [6.07, 6.45) is 5.75. The Morgan fingerprint density at radius 1 is 1.09 bits per heavy atom. The molecule has 0 bridgehead atoms. The molecule has 1 fully saturated rings. The Kier molecular flexibility index (Phi) is 8.56. The van der Waals surface area contributed by atoms with E-state index in [0.717, 1.165) is 19.3 Å². The molecule has 0 unspecified atom stereocenters. The predicted molar refractivity (Wildman–Crippen MR) is 124 cm³/mol. The van der Waals surface area contributed by atoms with Crippen LogP contribution in [0.2, 0.25) is 5.02 Å². The fourth-order valence-electron chi connectivity index (χ4n) is 3.80. The van der Waals surface area contributed by atoms with E-state index in [2.05, 4.69) is 24.3 Å². The molecule has 1 amide bonds.